The Morgan fingerprint density at radius 3 is 2.42 bits per heavy atom. The second-order valence-electron chi connectivity index (χ2n) is 5.47. The van der Waals surface area contributed by atoms with Gasteiger partial charge < -0.3 is 15.7 Å². The van der Waals surface area contributed by atoms with Gasteiger partial charge in [0.05, 0.1) is 0 Å². The van der Waals surface area contributed by atoms with Crippen LogP contribution in [0, 0.1) is 0 Å². The third kappa shape index (κ3) is 7.46. The van der Waals surface area contributed by atoms with Crippen LogP contribution in [0.1, 0.15) is 49.4 Å². The van der Waals surface area contributed by atoms with E-state index in [9.17, 15) is 14.4 Å². The zero-order chi connectivity index (χ0) is 17.9. The van der Waals surface area contributed by atoms with E-state index in [1.54, 1.807) is 24.3 Å². The monoisotopic (exact) mass is 354 g/mol. The summed E-state index contributed by atoms with van der Waals surface area (Å²) in [5.41, 5.74) is 0.495. The molecule has 1 unspecified atom stereocenters. The zero-order valence-corrected chi connectivity index (χ0v) is 14.4. The van der Waals surface area contributed by atoms with Gasteiger partial charge in [0, 0.05) is 23.6 Å². The molecular weight excluding hydrogens is 332 g/mol. The van der Waals surface area contributed by atoms with Crippen molar-refractivity contribution in [3.05, 3.63) is 34.9 Å². The predicted molar refractivity (Wildman–Crippen MR) is 92.1 cm³/mol. The number of nitrogens with one attached hydrogen (secondary N) is 2. The number of hydrogen-bond acceptors (Lipinski definition) is 3. The molecule has 0 fully saturated rings. The minimum atomic E-state index is -1.02. The van der Waals surface area contributed by atoms with Crippen LogP contribution in [-0.2, 0) is 9.59 Å². The molecule has 1 rings (SSSR count). The Kier molecular flexibility index (Phi) is 8.86. The molecule has 0 spiro atoms. The molecule has 0 radical (unpaired) electrons. The van der Waals surface area contributed by atoms with Gasteiger partial charge in [-0.2, -0.15) is 0 Å². The quantitative estimate of drug-likeness (QED) is 0.563. The van der Waals surface area contributed by atoms with Gasteiger partial charge in [0.15, 0.2) is 0 Å². The Bertz CT molecular complexity index is 560. The molecule has 0 aromatic heterocycles. The van der Waals surface area contributed by atoms with Gasteiger partial charge in [-0.15, -0.1) is 0 Å². The molecule has 2 amide bonds. The average Bonchev–Trinajstić information content (AvgIpc) is 2.55. The number of carboxylic acid groups (broad SMARTS) is 1. The SMILES string of the molecule is CCCCC(NC(=O)CCCNC(=O)c1ccc(Cl)cc1)C(=O)O. The summed E-state index contributed by atoms with van der Waals surface area (Å²) >= 11 is 5.76. The third-order valence-electron chi connectivity index (χ3n) is 3.45. The molecular formula is C17H23ClN2O4. The number of amides is 2. The van der Waals surface area contributed by atoms with Crippen molar-refractivity contribution >= 4 is 29.4 Å². The normalized spacial score (nSPS) is 11.6. The van der Waals surface area contributed by atoms with E-state index >= 15 is 0 Å². The average molecular weight is 355 g/mol. The minimum Gasteiger partial charge on any atom is -0.480 e. The first-order valence-corrected chi connectivity index (χ1v) is 8.37. The Morgan fingerprint density at radius 1 is 1.17 bits per heavy atom. The lowest BCUT2D eigenvalue weighted by Gasteiger charge is -2.14. The summed E-state index contributed by atoms with van der Waals surface area (Å²) < 4.78 is 0. The summed E-state index contributed by atoms with van der Waals surface area (Å²) in [6, 6.07) is 5.66. The second-order valence-corrected chi connectivity index (χ2v) is 5.90. The van der Waals surface area contributed by atoms with E-state index in [2.05, 4.69) is 10.6 Å². The van der Waals surface area contributed by atoms with Gasteiger partial charge in [0.2, 0.25) is 5.91 Å². The van der Waals surface area contributed by atoms with Crippen LogP contribution in [0.2, 0.25) is 5.02 Å². The number of carboxylic acids is 1. The number of rotatable bonds is 10. The van der Waals surface area contributed by atoms with Crippen LogP contribution in [0.3, 0.4) is 0 Å². The lowest BCUT2D eigenvalue weighted by molar-refractivity contribution is -0.142. The number of halogens is 1. The van der Waals surface area contributed by atoms with Crippen molar-refractivity contribution in [2.75, 3.05) is 6.54 Å². The molecule has 1 aromatic carbocycles. The van der Waals surface area contributed by atoms with Crippen molar-refractivity contribution in [2.45, 2.75) is 45.1 Å². The van der Waals surface area contributed by atoms with Gasteiger partial charge in [-0.1, -0.05) is 31.4 Å². The van der Waals surface area contributed by atoms with Gasteiger partial charge in [0.1, 0.15) is 6.04 Å². The van der Waals surface area contributed by atoms with Crippen molar-refractivity contribution in [2.24, 2.45) is 0 Å². The molecule has 6 nitrogen and oxygen atoms in total. The smallest absolute Gasteiger partial charge is 0.326 e. The third-order valence-corrected chi connectivity index (χ3v) is 3.70. The number of benzene rings is 1. The molecule has 24 heavy (non-hydrogen) atoms. The predicted octanol–water partition coefficient (Wildman–Crippen LogP) is 2.61. The van der Waals surface area contributed by atoms with E-state index in [1.807, 2.05) is 6.92 Å². The fourth-order valence-corrected chi connectivity index (χ4v) is 2.21. The van der Waals surface area contributed by atoms with E-state index in [4.69, 9.17) is 16.7 Å². The van der Waals surface area contributed by atoms with Crippen molar-refractivity contribution in [1.82, 2.24) is 10.6 Å². The van der Waals surface area contributed by atoms with Gasteiger partial charge in [0.25, 0.3) is 5.91 Å². The Labute approximate surface area is 146 Å². The summed E-state index contributed by atoms with van der Waals surface area (Å²) in [6.07, 6.45) is 2.64. The van der Waals surface area contributed by atoms with E-state index in [0.29, 0.717) is 30.0 Å². The van der Waals surface area contributed by atoms with Crippen molar-refractivity contribution in [1.29, 1.82) is 0 Å². The van der Waals surface area contributed by atoms with E-state index in [0.717, 1.165) is 12.8 Å². The fraction of sp³-hybridized carbons (Fsp3) is 0.471. The summed E-state index contributed by atoms with van der Waals surface area (Å²) in [4.78, 5) is 34.7. The number of hydrogen-bond donors (Lipinski definition) is 3. The van der Waals surface area contributed by atoms with E-state index in [1.165, 1.54) is 0 Å². The second kappa shape index (κ2) is 10.6. The summed E-state index contributed by atoms with van der Waals surface area (Å²) in [5, 5.41) is 14.8. The molecule has 1 aromatic rings. The van der Waals surface area contributed by atoms with Crippen LogP contribution in [0.5, 0.6) is 0 Å². The fourth-order valence-electron chi connectivity index (χ4n) is 2.09. The molecule has 0 bridgehead atoms. The lowest BCUT2D eigenvalue weighted by atomic mass is 10.1. The van der Waals surface area contributed by atoms with Crippen LogP contribution in [0.4, 0.5) is 0 Å². The maximum Gasteiger partial charge on any atom is 0.326 e. The number of aliphatic carboxylic acids is 1. The highest BCUT2D eigenvalue weighted by molar-refractivity contribution is 6.30. The molecule has 0 aliphatic heterocycles. The van der Waals surface area contributed by atoms with Gasteiger partial charge in [-0.05, 0) is 37.1 Å². The molecule has 0 aliphatic carbocycles. The highest BCUT2D eigenvalue weighted by atomic mass is 35.5. The van der Waals surface area contributed by atoms with Crippen molar-refractivity contribution < 1.29 is 19.5 Å². The highest BCUT2D eigenvalue weighted by Gasteiger charge is 2.18. The summed E-state index contributed by atoms with van der Waals surface area (Å²) in [6.45, 7) is 2.30. The summed E-state index contributed by atoms with van der Waals surface area (Å²) in [7, 11) is 0. The summed E-state index contributed by atoms with van der Waals surface area (Å²) in [5.74, 6) is -1.58. The topological polar surface area (TPSA) is 95.5 Å². The van der Waals surface area contributed by atoms with Crippen LogP contribution in [0.15, 0.2) is 24.3 Å². The van der Waals surface area contributed by atoms with E-state index < -0.39 is 12.0 Å². The van der Waals surface area contributed by atoms with Crippen LogP contribution in [0.25, 0.3) is 0 Å². The Morgan fingerprint density at radius 2 is 1.83 bits per heavy atom. The van der Waals surface area contributed by atoms with Crippen LogP contribution >= 0.6 is 11.6 Å². The zero-order valence-electron chi connectivity index (χ0n) is 13.7. The van der Waals surface area contributed by atoms with Gasteiger partial charge in [-0.25, -0.2) is 4.79 Å². The van der Waals surface area contributed by atoms with Crippen molar-refractivity contribution in [3.8, 4) is 0 Å². The maximum absolute atomic E-state index is 11.9. The largest absolute Gasteiger partial charge is 0.480 e. The Hall–Kier alpha value is -2.08. The first kappa shape index (κ1) is 20.0. The molecule has 3 N–H and O–H groups in total. The Balaban J connectivity index is 2.28. The number of unbranched alkanes of at least 4 members (excludes halogenated alkanes) is 1. The first-order chi connectivity index (χ1) is 11.4. The van der Waals surface area contributed by atoms with Crippen molar-refractivity contribution in [3.63, 3.8) is 0 Å². The minimum absolute atomic E-state index is 0.163. The first-order valence-electron chi connectivity index (χ1n) is 8.00. The van der Waals surface area contributed by atoms with E-state index in [-0.39, 0.29) is 18.2 Å². The standard InChI is InChI=1S/C17H23ClN2O4/c1-2-3-5-14(17(23)24)20-15(21)6-4-11-19-16(22)12-7-9-13(18)10-8-12/h7-10,14H,2-6,11H2,1H3,(H,19,22)(H,20,21)(H,23,24). The van der Waals surface area contributed by atoms with Crippen LogP contribution < -0.4 is 10.6 Å². The molecule has 0 aliphatic rings. The van der Waals surface area contributed by atoms with Gasteiger partial charge >= 0.3 is 5.97 Å². The molecule has 0 heterocycles. The molecule has 0 saturated heterocycles. The van der Waals surface area contributed by atoms with Crippen LogP contribution in [-0.4, -0.2) is 35.5 Å². The highest BCUT2D eigenvalue weighted by Crippen LogP contribution is 2.09. The lowest BCUT2D eigenvalue weighted by Crippen LogP contribution is -2.40. The molecule has 1 atom stereocenters. The molecule has 0 saturated carbocycles. The van der Waals surface area contributed by atoms with Gasteiger partial charge in [-0.3, -0.25) is 9.59 Å². The molecule has 132 valence electrons. The molecule has 7 heteroatoms. The maximum atomic E-state index is 11.9. The number of carbonyl (C=O) groups is 3. The number of carbonyl (C=O) groups excluding carboxylic acids is 2.